The molecule has 2 aromatic carbocycles. The smallest absolute Gasteiger partial charge is 0.306 e. The van der Waals surface area contributed by atoms with Crippen LogP contribution in [0.4, 0.5) is 0 Å². The number of carbonyl (C=O) groups excluding carboxylic acids is 3. The van der Waals surface area contributed by atoms with Crippen molar-refractivity contribution in [2.45, 2.75) is 43.7 Å². The Balaban J connectivity index is 1.86. The molecule has 1 aliphatic rings. The van der Waals surface area contributed by atoms with E-state index in [-0.39, 0.29) is 24.8 Å². The summed E-state index contributed by atoms with van der Waals surface area (Å²) >= 11 is 6.08. The Morgan fingerprint density at radius 2 is 1.78 bits per heavy atom. The normalized spacial score (nSPS) is 19.1. The van der Waals surface area contributed by atoms with E-state index in [4.69, 9.17) is 26.8 Å². The van der Waals surface area contributed by atoms with Gasteiger partial charge >= 0.3 is 5.97 Å². The highest BCUT2D eigenvalue weighted by atomic mass is 35.5. The van der Waals surface area contributed by atoms with Gasteiger partial charge in [0.15, 0.2) is 0 Å². The van der Waals surface area contributed by atoms with Crippen LogP contribution < -0.4 is 11.1 Å². The lowest BCUT2D eigenvalue weighted by Crippen LogP contribution is -2.64. The third-order valence-corrected chi connectivity index (χ3v) is 6.98. The summed E-state index contributed by atoms with van der Waals surface area (Å²) < 4.78 is 9.95. The van der Waals surface area contributed by atoms with Gasteiger partial charge in [0.25, 0.3) is 0 Å². The number of rotatable bonds is 11. The summed E-state index contributed by atoms with van der Waals surface area (Å²) in [6, 6.07) is 16.2. The van der Waals surface area contributed by atoms with Crippen molar-refractivity contribution in [3.05, 3.63) is 70.7 Å². The van der Waals surface area contributed by atoms with Crippen LogP contribution in [0.15, 0.2) is 54.6 Å². The van der Waals surface area contributed by atoms with Gasteiger partial charge in [0.05, 0.1) is 31.6 Å². The van der Waals surface area contributed by atoms with Crippen molar-refractivity contribution in [3.63, 3.8) is 0 Å². The van der Waals surface area contributed by atoms with Crippen molar-refractivity contribution >= 4 is 29.4 Å². The molecule has 0 unspecified atom stereocenters. The van der Waals surface area contributed by atoms with Crippen LogP contribution in [0.2, 0.25) is 5.02 Å². The van der Waals surface area contributed by atoms with E-state index < -0.39 is 23.5 Å². The molecule has 0 bridgehead atoms. The van der Waals surface area contributed by atoms with Crippen molar-refractivity contribution in [3.8, 4) is 0 Å². The van der Waals surface area contributed by atoms with E-state index in [0.29, 0.717) is 43.8 Å². The number of methoxy groups -OCH3 is 2. The molecule has 0 spiro atoms. The molecule has 3 N–H and O–H groups in total. The van der Waals surface area contributed by atoms with Crippen LogP contribution in [0.25, 0.3) is 0 Å². The van der Waals surface area contributed by atoms with E-state index in [1.807, 2.05) is 42.5 Å². The summed E-state index contributed by atoms with van der Waals surface area (Å²) in [7, 11) is 2.81. The number of likely N-dealkylation sites (tertiary alicyclic amines) is 1. The summed E-state index contributed by atoms with van der Waals surface area (Å²) in [6.07, 6.45) is 2.26. The Kier molecular flexibility index (Phi) is 10.5. The van der Waals surface area contributed by atoms with Gasteiger partial charge in [0.2, 0.25) is 11.8 Å². The Morgan fingerprint density at radius 3 is 2.43 bits per heavy atom. The standard InChI is InChI=1S/C28H36ClN3O5/c1-36-18-24(30)26(34)31-28(17-21-9-11-23(29)12-10-21)13-6-14-32(19-28)27(35)22(16-25(33)37-2)15-20-7-4-3-5-8-20/h3-5,7-12,22,24H,6,13-19,30H2,1-2H3,(H,31,34)/t22-,24+,28-/m1/s1. The van der Waals surface area contributed by atoms with Gasteiger partial charge in [0, 0.05) is 25.2 Å². The second-order valence-corrected chi connectivity index (χ2v) is 10.1. The highest BCUT2D eigenvalue weighted by Crippen LogP contribution is 2.29. The largest absolute Gasteiger partial charge is 0.469 e. The van der Waals surface area contributed by atoms with Gasteiger partial charge in [-0.25, -0.2) is 0 Å². The number of hydrogen-bond acceptors (Lipinski definition) is 6. The third-order valence-electron chi connectivity index (χ3n) is 6.73. The van der Waals surface area contributed by atoms with Crippen LogP contribution in [-0.2, 0) is 36.7 Å². The van der Waals surface area contributed by atoms with Gasteiger partial charge in [0.1, 0.15) is 6.04 Å². The number of nitrogens with zero attached hydrogens (tertiary/aromatic N) is 1. The van der Waals surface area contributed by atoms with E-state index >= 15 is 0 Å². The first kappa shape index (κ1) is 28.6. The first-order valence-electron chi connectivity index (χ1n) is 12.5. The zero-order chi connectivity index (χ0) is 26.8. The lowest BCUT2D eigenvalue weighted by molar-refractivity contribution is -0.148. The van der Waals surface area contributed by atoms with Crippen molar-refractivity contribution in [2.24, 2.45) is 11.7 Å². The lowest BCUT2D eigenvalue weighted by Gasteiger charge is -2.45. The van der Waals surface area contributed by atoms with Crippen molar-refractivity contribution < 1.29 is 23.9 Å². The Labute approximate surface area is 223 Å². The van der Waals surface area contributed by atoms with Gasteiger partial charge in [-0.05, 0) is 48.9 Å². The Bertz CT molecular complexity index is 1050. The van der Waals surface area contributed by atoms with Gasteiger partial charge in [-0.15, -0.1) is 0 Å². The number of ether oxygens (including phenoxy) is 2. The summed E-state index contributed by atoms with van der Waals surface area (Å²) in [5.74, 6) is -1.48. The lowest BCUT2D eigenvalue weighted by atomic mass is 9.82. The first-order chi connectivity index (χ1) is 17.7. The van der Waals surface area contributed by atoms with Gasteiger partial charge in [-0.3, -0.25) is 14.4 Å². The zero-order valence-corrected chi connectivity index (χ0v) is 22.2. The Morgan fingerprint density at radius 1 is 1.08 bits per heavy atom. The average Bonchev–Trinajstić information content (AvgIpc) is 2.90. The molecular formula is C28H36ClN3O5. The van der Waals surface area contributed by atoms with E-state index in [9.17, 15) is 14.4 Å². The van der Waals surface area contributed by atoms with Crippen LogP contribution in [0, 0.1) is 5.92 Å². The summed E-state index contributed by atoms with van der Waals surface area (Å²) in [5, 5.41) is 3.76. The maximum Gasteiger partial charge on any atom is 0.306 e. The number of halogens is 1. The number of benzene rings is 2. The fourth-order valence-corrected chi connectivity index (χ4v) is 5.03. The van der Waals surface area contributed by atoms with Gasteiger partial charge in [-0.2, -0.15) is 0 Å². The Hall–Kier alpha value is -2.94. The molecule has 0 aliphatic carbocycles. The summed E-state index contributed by atoms with van der Waals surface area (Å²) in [6.45, 7) is 0.920. The molecule has 37 heavy (non-hydrogen) atoms. The third kappa shape index (κ3) is 8.28. The molecule has 1 heterocycles. The molecule has 1 fully saturated rings. The molecule has 1 saturated heterocycles. The fraction of sp³-hybridized carbons (Fsp3) is 0.464. The minimum atomic E-state index is -0.830. The second kappa shape index (κ2) is 13.6. The zero-order valence-electron chi connectivity index (χ0n) is 21.5. The number of nitrogens with two attached hydrogens (primary N) is 1. The van der Waals surface area contributed by atoms with Gasteiger partial charge < -0.3 is 25.4 Å². The second-order valence-electron chi connectivity index (χ2n) is 9.66. The predicted octanol–water partition coefficient (Wildman–Crippen LogP) is 2.76. The van der Waals surface area contributed by atoms with E-state index in [2.05, 4.69) is 5.32 Å². The summed E-state index contributed by atoms with van der Waals surface area (Å²) in [5.41, 5.74) is 7.25. The van der Waals surface area contributed by atoms with Crippen molar-refractivity contribution in [2.75, 3.05) is 33.9 Å². The van der Waals surface area contributed by atoms with E-state index in [0.717, 1.165) is 11.1 Å². The van der Waals surface area contributed by atoms with Crippen LogP contribution in [0.1, 0.15) is 30.4 Å². The molecule has 0 aromatic heterocycles. The topological polar surface area (TPSA) is 111 Å². The molecule has 1 aliphatic heterocycles. The van der Waals surface area contributed by atoms with Crippen molar-refractivity contribution in [1.82, 2.24) is 10.2 Å². The van der Waals surface area contributed by atoms with Crippen LogP contribution in [-0.4, -0.2) is 68.2 Å². The molecule has 2 aromatic rings. The summed E-state index contributed by atoms with van der Waals surface area (Å²) in [4.78, 5) is 40.7. The minimum absolute atomic E-state index is 0.0179. The number of piperidine rings is 1. The minimum Gasteiger partial charge on any atom is -0.469 e. The highest BCUT2D eigenvalue weighted by molar-refractivity contribution is 6.30. The number of hydrogen-bond donors (Lipinski definition) is 2. The number of esters is 1. The predicted molar refractivity (Wildman–Crippen MR) is 142 cm³/mol. The molecule has 2 amide bonds. The van der Waals surface area contributed by atoms with Crippen LogP contribution in [0.5, 0.6) is 0 Å². The van der Waals surface area contributed by atoms with Crippen molar-refractivity contribution in [1.29, 1.82) is 0 Å². The highest BCUT2D eigenvalue weighted by Gasteiger charge is 2.41. The number of nitrogens with one attached hydrogen (secondary N) is 1. The van der Waals surface area contributed by atoms with E-state index in [1.165, 1.54) is 14.2 Å². The maximum absolute atomic E-state index is 13.8. The van der Waals surface area contributed by atoms with Gasteiger partial charge in [-0.1, -0.05) is 54.1 Å². The molecule has 9 heteroatoms. The maximum atomic E-state index is 13.8. The molecule has 0 radical (unpaired) electrons. The number of carbonyl (C=O) groups is 3. The first-order valence-corrected chi connectivity index (χ1v) is 12.8. The van der Waals surface area contributed by atoms with Crippen LogP contribution >= 0.6 is 11.6 Å². The van der Waals surface area contributed by atoms with Crippen LogP contribution in [0.3, 0.4) is 0 Å². The molecule has 8 nitrogen and oxygen atoms in total. The monoisotopic (exact) mass is 529 g/mol. The molecular weight excluding hydrogens is 494 g/mol. The fourth-order valence-electron chi connectivity index (χ4n) is 4.90. The van der Waals surface area contributed by atoms with E-state index in [1.54, 1.807) is 17.0 Å². The molecule has 3 atom stereocenters. The number of amides is 2. The average molecular weight is 530 g/mol. The quantitative estimate of drug-likeness (QED) is 0.433. The molecule has 3 rings (SSSR count). The SMILES string of the molecule is COC[C@H](N)C(=O)N[C@@]1(Cc2ccc(Cl)cc2)CCCN(C(=O)[C@@H](CC(=O)OC)Cc2ccccc2)C1. The molecule has 0 saturated carbocycles. The molecule has 200 valence electrons.